The molecule has 1 fully saturated rings. The second-order valence-electron chi connectivity index (χ2n) is 4.48. The smallest absolute Gasteiger partial charge is 0.128 e. The fourth-order valence-corrected chi connectivity index (χ4v) is 2.27. The quantitative estimate of drug-likeness (QED) is 0.870. The molecule has 0 aromatic heterocycles. The molecule has 1 saturated heterocycles. The molecule has 0 spiro atoms. The Morgan fingerprint density at radius 2 is 2.06 bits per heavy atom. The average Bonchev–Trinajstić information content (AvgIpc) is 2.34. The minimum atomic E-state index is -0.542. The summed E-state index contributed by atoms with van der Waals surface area (Å²) in [5.41, 5.74) is 1.34. The molecule has 1 aromatic carbocycles. The van der Waals surface area contributed by atoms with Gasteiger partial charge in [0.2, 0.25) is 0 Å². The predicted octanol–water partition coefficient (Wildman–Crippen LogP) is 2.05. The number of piperazine rings is 1. The molecule has 1 atom stereocenters. The van der Waals surface area contributed by atoms with Crippen molar-refractivity contribution in [3.8, 4) is 0 Å². The average molecular weight is 240 g/mol. The highest BCUT2D eigenvalue weighted by Gasteiger charge is 2.24. The maximum Gasteiger partial charge on any atom is 0.128 e. The molecule has 1 heterocycles. The maximum atomic E-state index is 13.8. The van der Waals surface area contributed by atoms with Crippen LogP contribution in [-0.4, -0.2) is 37.8 Å². The van der Waals surface area contributed by atoms with Crippen LogP contribution >= 0.6 is 0 Å². The van der Waals surface area contributed by atoms with Crippen LogP contribution in [0.1, 0.15) is 17.2 Å². The highest BCUT2D eigenvalue weighted by Crippen LogP contribution is 2.25. The van der Waals surface area contributed by atoms with Gasteiger partial charge in [0.1, 0.15) is 12.5 Å². The first-order valence-corrected chi connectivity index (χ1v) is 5.99. The van der Waals surface area contributed by atoms with Crippen molar-refractivity contribution < 1.29 is 8.78 Å². The van der Waals surface area contributed by atoms with Crippen molar-refractivity contribution in [2.45, 2.75) is 13.0 Å². The molecule has 1 N–H and O–H groups in total. The van der Waals surface area contributed by atoms with E-state index in [9.17, 15) is 8.78 Å². The Bertz CT molecular complexity index is 376. The zero-order chi connectivity index (χ0) is 12.3. The Kier molecular flexibility index (Phi) is 4.07. The Balaban J connectivity index is 2.21. The van der Waals surface area contributed by atoms with Crippen LogP contribution in [0.2, 0.25) is 0 Å². The largest absolute Gasteiger partial charge is 0.314 e. The van der Waals surface area contributed by atoms with Crippen molar-refractivity contribution in [2.24, 2.45) is 0 Å². The fraction of sp³-hybridized carbons (Fsp3) is 0.538. The molecule has 0 bridgehead atoms. The molecule has 1 aliphatic rings. The van der Waals surface area contributed by atoms with Crippen molar-refractivity contribution in [3.05, 3.63) is 35.1 Å². The van der Waals surface area contributed by atoms with Gasteiger partial charge in [0.15, 0.2) is 0 Å². The van der Waals surface area contributed by atoms with E-state index in [1.54, 1.807) is 6.07 Å². The molecule has 4 heteroatoms. The number of halogens is 2. The van der Waals surface area contributed by atoms with Crippen LogP contribution in [0.5, 0.6) is 0 Å². The SMILES string of the molecule is Cc1ccc([C@@H](CF)N2CCNCC2)c(F)c1. The minimum absolute atomic E-state index is 0.300. The van der Waals surface area contributed by atoms with Gasteiger partial charge >= 0.3 is 0 Å². The number of alkyl halides is 1. The summed E-state index contributed by atoms with van der Waals surface area (Å²) < 4.78 is 27.0. The molecular formula is C13H18F2N2. The van der Waals surface area contributed by atoms with E-state index in [4.69, 9.17) is 0 Å². The third-order valence-electron chi connectivity index (χ3n) is 3.25. The molecule has 0 amide bonds. The van der Waals surface area contributed by atoms with E-state index < -0.39 is 12.7 Å². The summed E-state index contributed by atoms with van der Waals surface area (Å²) in [4.78, 5) is 2.00. The van der Waals surface area contributed by atoms with E-state index >= 15 is 0 Å². The lowest BCUT2D eigenvalue weighted by molar-refractivity contribution is 0.144. The minimum Gasteiger partial charge on any atom is -0.314 e. The van der Waals surface area contributed by atoms with Gasteiger partial charge in [0.25, 0.3) is 0 Å². The van der Waals surface area contributed by atoms with Crippen LogP contribution in [0.15, 0.2) is 18.2 Å². The number of nitrogens with zero attached hydrogens (tertiary/aromatic N) is 1. The maximum absolute atomic E-state index is 13.8. The Morgan fingerprint density at radius 1 is 1.35 bits per heavy atom. The highest BCUT2D eigenvalue weighted by atomic mass is 19.1. The van der Waals surface area contributed by atoms with Gasteiger partial charge in [0, 0.05) is 31.7 Å². The van der Waals surface area contributed by atoms with Gasteiger partial charge in [0.05, 0.1) is 6.04 Å². The summed E-state index contributed by atoms with van der Waals surface area (Å²) in [5, 5.41) is 3.21. The van der Waals surface area contributed by atoms with Crippen LogP contribution in [0.3, 0.4) is 0 Å². The second kappa shape index (κ2) is 5.56. The Morgan fingerprint density at radius 3 is 2.65 bits per heavy atom. The predicted molar refractivity (Wildman–Crippen MR) is 64.3 cm³/mol. The topological polar surface area (TPSA) is 15.3 Å². The van der Waals surface area contributed by atoms with Crippen molar-refractivity contribution in [1.82, 2.24) is 10.2 Å². The molecular weight excluding hydrogens is 222 g/mol. The molecule has 2 nitrogen and oxygen atoms in total. The van der Waals surface area contributed by atoms with Gasteiger partial charge in [-0.25, -0.2) is 8.78 Å². The highest BCUT2D eigenvalue weighted by molar-refractivity contribution is 5.26. The van der Waals surface area contributed by atoms with Crippen LogP contribution in [-0.2, 0) is 0 Å². The van der Waals surface area contributed by atoms with Crippen molar-refractivity contribution in [1.29, 1.82) is 0 Å². The number of hydrogen-bond acceptors (Lipinski definition) is 2. The van der Waals surface area contributed by atoms with Gasteiger partial charge in [-0.05, 0) is 18.6 Å². The third-order valence-corrected chi connectivity index (χ3v) is 3.25. The van der Waals surface area contributed by atoms with E-state index in [1.807, 2.05) is 17.9 Å². The van der Waals surface area contributed by atoms with Gasteiger partial charge in [-0.1, -0.05) is 12.1 Å². The first kappa shape index (κ1) is 12.5. The van der Waals surface area contributed by atoms with E-state index in [0.29, 0.717) is 5.56 Å². The van der Waals surface area contributed by atoms with Crippen LogP contribution < -0.4 is 5.32 Å². The van der Waals surface area contributed by atoms with E-state index in [1.165, 1.54) is 6.07 Å². The van der Waals surface area contributed by atoms with Crippen LogP contribution in [0.25, 0.3) is 0 Å². The molecule has 1 aliphatic heterocycles. The van der Waals surface area contributed by atoms with Crippen molar-refractivity contribution in [2.75, 3.05) is 32.9 Å². The van der Waals surface area contributed by atoms with Gasteiger partial charge in [-0.2, -0.15) is 0 Å². The first-order valence-electron chi connectivity index (χ1n) is 5.99. The summed E-state index contributed by atoms with van der Waals surface area (Å²) in [6.07, 6.45) is 0. The lowest BCUT2D eigenvalue weighted by Crippen LogP contribution is -2.45. The zero-order valence-electron chi connectivity index (χ0n) is 10.0. The molecule has 0 radical (unpaired) electrons. The molecule has 0 saturated carbocycles. The molecule has 2 rings (SSSR count). The lowest BCUT2D eigenvalue weighted by Gasteiger charge is -2.33. The number of hydrogen-bond donors (Lipinski definition) is 1. The normalized spacial score (nSPS) is 19.2. The monoisotopic (exact) mass is 240 g/mol. The second-order valence-corrected chi connectivity index (χ2v) is 4.48. The molecule has 1 aromatic rings. The van der Waals surface area contributed by atoms with Gasteiger partial charge < -0.3 is 5.32 Å². The molecule has 0 unspecified atom stereocenters. The first-order chi connectivity index (χ1) is 8.22. The van der Waals surface area contributed by atoms with Crippen LogP contribution in [0, 0.1) is 12.7 Å². The fourth-order valence-electron chi connectivity index (χ4n) is 2.27. The summed E-state index contributed by atoms with van der Waals surface area (Å²) in [5.74, 6) is -0.300. The number of rotatable bonds is 3. The molecule has 94 valence electrons. The van der Waals surface area contributed by atoms with Crippen molar-refractivity contribution in [3.63, 3.8) is 0 Å². The number of benzene rings is 1. The standard InChI is InChI=1S/C13H18F2N2/c1-10-2-3-11(12(15)8-10)13(9-14)17-6-4-16-5-7-17/h2-3,8,13,16H,4-7,9H2,1H3/t13-/m1/s1. The van der Waals surface area contributed by atoms with E-state index in [2.05, 4.69) is 5.32 Å². The van der Waals surface area contributed by atoms with Crippen molar-refractivity contribution >= 4 is 0 Å². The number of aryl methyl sites for hydroxylation is 1. The zero-order valence-corrected chi connectivity index (χ0v) is 10.0. The van der Waals surface area contributed by atoms with E-state index in [-0.39, 0.29) is 5.82 Å². The number of nitrogens with one attached hydrogen (secondary N) is 1. The summed E-state index contributed by atoms with van der Waals surface area (Å²) in [6, 6.07) is 4.57. The third kappa shape index (κ3) is 2.82. The van der Waals surface area contributed by atoms with Crippen LogP contribution in [0.4, 0.5) is 8.78 Å². The lowest BCUT2D eigenvalue weighted by atomic mass is 10.0. The Hall–Kier alpha value is -1.00. The summed E-state index contributed by atoms with van der Waals surface area (Å²) >= 11 is 0. The molecule has 17 heavy (non-hydrogen) atoms. The summed E-state index contributed by atoms with van der Waals surface area (Å²) in [7, 11) is 0. The van der Waals surface area contributed by atoms with E-state index in [0.717, 1.165) is 31.7 Å². The summed E-state index contributed by atoms with van der Waals surface area (Å²) in [6.45, 7) is 4.50. The molecule has 0 aliphatic carbocycles. The Labute approximate surface area is 101 Å². The van der Waals surface area contributed by atoms with Gasteiger partial charge in [-0.15, -0.1) is 0 Å². The van der Waals surface area contributed by atoms with Gasteiger partial charge in [-0.3, -0.25) is 4.90 Å².